The first-order valence-electron chi connectivity index (χ1n) is 5.11. The zero-order valence-electron chi connectivity index (χ0n) is 9.32. The molecular weight excluding hydrogens is 204 g/mol. The van der Waals surface area contributed by atoms with Gasteiger partial charge in [0.15, 0.2) is 0 Å². The third-order valence-electron chi connectivity index (χ3n) is 2.60. The summed E-state index contributed by atoms with van der Waals surface area (Å²) in [6.45, 7) is 2.60. The Morgan fingerprint density at radius 2 is 2.38 bits per heavy atom. The molecule has 0 atom stereocenters. The van der Waals surface area contributed by atoms with Crippen molar-refractivity contribution < 1.29 is 4.79 Å². The first kappa shape index (κ1) is 10.5. The largest absolute Gasteiger partial charge is 0.397 e. The number of nitrogens with zero attached hydrogens (tertiary/aromatic N) is 2. The van der Waals surface area contributed by atoms with Crippen LogP contribution in [-0.2, 0) is 0 Å². The minimum absolute atomic E-state index is 0.0267. The highest BCUT2D eigenvalue weighted by atomic mass is 16.2. The van der Waals surface area contributed by atoms with Crippen molar-refractivity contribution in [2.24, 2.45) is 0 Å². The third kappa shape index (κ3) is 1.60. The molecule has 3 N–H and O–H groups in total. The van der Waals surface area contributed by atoms with Gasteiger partial charge in [-0.05, 0) is 13.0 Å². The fourth-order valence-corrected chi connectivity index (χ4v) is 1.55. The molecule has 0 saturated carbocycles. The molecule has 84 valence electrons. The van der Waals surface area contributed by atoms with Gasteiger partial charge in [-0.3, -0.25) is 4.79 Å². The summed E-state index contributed by atoms with van der Waals surface area (Å²) in [5.41, 5.74) is 7.51. The van der Waals surface area contributed by atoms with Crippen molar-refractivity contribution in [1.82, 2.24) is 14.9 Å². The molecule has 16 heavy (non-hydrogen) atoms. The first-order chi connectivity index (χ1) is 7.63. The molecule has 0 fully saturated rings. The molecular formula is C11H14N4O. The number of fused-ring (bicyclic) bond motifs is 1. The van der Waals surface area contributed by atoms with Crippen molar-refractivity contribution in [1.29, 1.82) is 0 Å². The van der Waals surface area contributed by atoms with Crippen LogP contribution in [0, 0.1) is 0 Å². The molecule has 0 aromatic carbocycles. The zero-order valence-corrected chi connectivity index (χ0v) is 9.32. The van der Waals surface area contributed by atoms with E-state index in [9.17, 15) is 4.79 Å². The lowest BCUT2D eigenvalue weighted by Crippen LogP contribution is -2.25. The van der Waals surface area contributed by atoms with Crippen molar-refractivity contribution in [2.75, 3.05) is 19.3 Å². The number of aromatic amines is 1. The van der Waals surface area contributed by atoms with E-state index in [0.29, 0.717) is 23.4 Å². The van der Waals surface area contributed by atoms with E-state index < -0.39 is 0 Å². The second-order valence-corrected chi connectivity index (χ2v) is 3.69. The fraction of sp³-hybridized carbons (Fsp3) is 0.273. The Bertz CT molecular complexity index is 532. The van der Waals surface area contributed by atoms with Gasteiger partial charge >= 0.3 is 0 Å². The number of anilines is 1. The molecule has 2 rings (SSSR count). The van der Waals surface area contributed by atoms with Gasteiger partial charge in [0.2, 0.25) is 0 Å². The highest BCUT2D eigenvalue weighted by Gasteiger charge is 2.15. The lowest BCUT2D eigenvalue weighted by molar-refractivity contribution is 0.0804. The van der Waals surface area contributed by atoms with Crippen molar-refractivity contribution in [3.63, 3.8) is 0 Å². The molecule has 0 radical (unpaired) electrons. The average molecular weight is 218 g/mol. The van der Waals surface area contributed by atoms with Gasteiger partial charge in [-0.25, -0.2) is 4.98 Å². The van der Waals surface area contributed by atoms with Gasteiger partial charge in [0.1, 0.15) is 5.65 Å². The number of aromatic nitrogens is 2. The summed E-state index contributed by atoms with van der Waals surface area (Å²) in [6.07, 6.45) is 3.24. The number of pyridine rings is 1. The summed E-state index contributed by atoms with van der Waals surface area (Å²) in [6, 6.07) is 1.76. The lowest BCUT2D eigenvalue weighted by atomic mass is 10.2. The monoisotopic (exact) mass is 218 g/mol. The number of carbonyl (C=O) groups excluding carboxylic acids is 1. The minimum atomic E-state index is -0.0267. The van der Waals surface area contributed by atoms with Crippen LogP contribution in [0.4, 0.5) is 5.69 Å². The topological polar surface area (TPSA) is 75.0 Å². The summed E-state index contributed by atoms with van der Waals surface area (Å²) in [5, 5.41) is 0.769. The number of rotatable bonds is 2. The quantitative estimate of drug-likeness (QED) is 0.796. The number of hydrogen-bond donors (Lipinski definition) is 2. The van der Waals surface area contributed by atoms with E-state index in [-0.39, 0.29) is 5.91 Å². The van der Waals surface area contributed by atoms with Gasteiger partial charge in [0.25, 0.3) is 5.91 Å². The van der Waals surface area contributed by atoms with E-state index >= 15 is 0 Å². The molecule has 0 unspecified atom stereocenters. The number of nitrogens with one attached hydrogen (secondary N) is 1. The molecule has 2 aromatic rings. The van der Waals surface area contributed by atoms with Gasteiger partial charge in [-0.1, -0.05) is 0 Å². The Kier molecular flexibility index (Phi) is 2.52. The fourth-order valence-electron chi connectivity index (χ4n) is 1.55. The average Bonchev–Trinajstić information content (AvgIpc) is 2.69. The second kappa shape index (κ2) is 3.84. The van der Waals surface area contributed by atoms with E-state index in [1.54, 1.807) is 30.4 Å². The van der Waals surface area contributed by atoms with Crippen LogP contribution in [0.3, 0.4) is 0 Å². The SMILES string of the molecule is CCN(C)C(=O)c1c[nH]c2ncc(N)cc12. The van der Waals surface area contributed by atoms with Gasteiger partial charge in [0, 0.05) is 25.2 Å². The van der Waals surface area contributed by atoms with E-state index in [1.165, 1.54) is 0 Å². The van der Waals surface area contributed by atoms with Crippen molar-refractivity contribution in [3.05, 3.63) is 24.0 Å². The van der Waals surface area contributed by atoms with Gasteiger partial charge < -0.3 is 15.6 Å². The minimum Gasteiger partial charge on any atom is -0.397 e. The van der Waals surface area contributed by atoms with Crippen LogP contribution in [0.1, 0.15) is 17.3 Å². The normalized spacial score (nSPS) is 10.6. The Balaban J connectivity index is 2.53. The van der Waals surface area contributed by atoms with Crippen LogP contribution in [-0.4, -0.2) is 34.4 Å². The number of amides is 1. The van der Waals surface area contributed by atoms with Crippen LogP contribution in [0.2, 0.25) is 0 Å². The maximum absolute atomic E-state index is 12.0. The van der Waals surface area contributed by atoms with Crippen molar-refractivity contribution in [2.45, 2.75) is 6.92 Å². The zero-order chi connectivity index (χ0) is 11.7. The Morgan fingerprint density at radius 1 is 1.62 bits per heavy atom. The standard InChI is InChI=1S/C11H14N4O/c1-3-15(2)11(16)9-6-14-10-8(9)4-7(12)5-13-10/h4-6H,3,12H2,1-2H3,(H,13,14). The van der Waals surface area contributed by atoms with Crippen LogP contribution in [0.5, 0.6) is 0 Å². The molecule has 0 aliphatic carbocycles. The van der Waals surface area contributed by atoms with Crippen LogP contribution < -0.4 is 5.73 Å². The number of hydrogen-bond acceptors (Lipinski definition) is 3. The van der Waals surface area contributed by atoms with Crippen LogP contribution in [0.15, 0.2) is 18.5 Å². The molecule has 0 saturated heterocycles. The predicted octanol–water partition coefficient (Wildman–Crippen LogP) is 1.24. The molecule has 0 aliphatic heterocycles. The first-order valence-corrected chi connectivity index (χ1v) is 5.11. The molecule has 2 aromatic heterocycles. The smallest absolute Gasteiger partial charge is 0.255 e. The Hall–Kier alpha value is -2.04. The molecule has 5 heteroatoms. The highest BCUT2D eigenvalue weighted by molar-refractivity contribution is 6.06. The number of nitrogens with two attached hydrogens (primary N) is 1. The predicted molar refractivity (Wildman–Crippen MR) is 63.1 cm³/mol. The molecule has 2 heterocycles. The lowest BCUT2D eigenvalue weighted by Gasteiger charge is -2.13. The van der Waals surface area contributed by atoms with Crippen LogP contribution >= 0.6 is 0 Å². The molecule has 0 aliphatic rings. The van der Waals surface area contributed by atoms with E-state index in [1.807, 2.05) is 6.92 Å². The summed E-state index contributed by atoms with van der Waals surface area (Å²) in [5.74, 6) is -0.0267. The molecule has 0 bridgehead atoms. The van der Waals surface area contributed by atoms with Gasteiger partial charge in [-0.15, -0.1) is 0 Å². The summed E-state index contributed by atoms with van der Waals surface area (Å²) in [4.78, 5) is 20.7. The van der Waals surface area contributed by atoms with E-state index in [4.69, 9.17) is 5.73 Å². The number of nitrogen functional groups attached to an aromatic ring is 1. The van der Waals surface area contributed by atoms with Gasteiger partial charge in [-0.2, -0.15) is 0 Å². The Labute approximate surface area is 93.3 Å². The van der Waals surface area contributed by atoms with Crippen molar-refractivity contribution in [3.8, 4) is 0 Å². The summed E-state index contributed by atoms with van der Waals surface area (Å²) in [7, 11) is 1.76. The van der Waals surface area contributed by atoms with E-state index in [2.05, 4.69) is 9.97 Å². The Morgan fingerprint density at radius 3 is 3.06 bits per heavy atom. The van der Waals surface area contributed by atoms with Crippen LogP contribution in [0.25, 0.3) is 11.0 Å². The third-order valence-corrected chi connectivity index (χ3v) is 2.60. The number of H-pyrrole nitrogens is 1. The molecule has 5 nitrogen and oxygen atoms in total. The molecule has 0 spiro atoms. The van der Waals surface area contributed by atoms with E-state index in [0.717, 1.165) is 5.39 Å². The van der Waals surface area contributed by atoms with Crippen molar-refractivity contribution >= 4 is 22.6 Å². The maximum atomic E-state index is 12.0. The summed E-state index contributed by atoms with van der Waals surface area (Å²) >= 11 is 0. The highest BCUT2D eigenvalue weighted by Crippen LogP contribution is 2.19. The number of carbonyl (C=O) groups is 1. The molecule has 1 amide bonds. The maximum Gasteiger partial charge on any atom is 0.255 e. The second-order valence-electron chi connectivity index (χ2n) is 3.69. The summed E-state index contributed by atoms with van der Waals surface area (Å²) < 4.78 is 0. The van der Waals surface area contributed by atoms with Gasteiger partial charge in [0.05, 0.1) is 17.4 Å².